The average molecular weight is 520 g/mol. The molecule has 2 heterocycles. The topological polar surface area (TPSA) is 64.6 Å². The summed E-state index contributed by atoms with van der Waals surface area (Å²) < 4.78 is 17.1. The molecule has 0 saturated heterocycles. The SMILES string of the molecule is CC(C)(C)c1ccc(Oc2ccc3c(NCCCNCc4cccc5c4OCO5)ccnc3c2)cc1.Cl. The molecule has 194 valence electrons. The summed E-state index contributed by atoms with van der Waals surface area (Å²) in [4.78, 5) is 4.56. The standard InChI is InChI=1S/C30H33N3O3.ClH/c1-30(2,3)22-8-10-23(11-9-22)36-24-12-13-25-26(14-17-33-27(25)18-24)32-16-5-15-31-19-21-6-4-7-28-29(21)35-20-34-28;/h4,6-14,17-18,31H,5,15-16,19-20H2,1-3H3,(H,32,33);1H. The van der Waals surface area contributed by atoms with E-state index in [4.69, 9.17) is 14.2 Å². The van der Waals surface area contributed by atoms with Gasteiger partial charge in [-0.25, -0.2) is 0 Å². The predicted octanol–water partition coefficient (Wildman–Crippen LogP) is 7.07. The highest BCUT2D eigenvalue weighted by molar-refractivity contribution is 5.91. The van der Waals surface area contributed by atoms with Crippen molar-refractivity contribution in [3.63, 3.8) is 0 Å². The van der Waals surface area contributed by atoms with Gasteiger partial charge in [0.1, 0.15) is 11.5 Å². The van der Waals surface area contributed by atoms with Gasteiger partial charge in [-0.2, -0.15) is 0 Å². The Morgan fingerprint density at radius 2 is 1.73 bits per heavy atom. The summed E-state index contributed by atoms with van der Waals surface area (Å²) in [6.07, 6.45) is 2.82. The maximum atomic E-state index is 6.10. The molecule has 1 aliphatic rings. The van der Waals surface area contributed by atoms with Crippen LogP contribution in [0.5, 0.6) is 23.0 Å². The van der Waals surface area contributed by atoms with Crippen LogP contribution in [0.1, 0.15) is 38.3 Å². The number of rotatable bonds is 9. The molecule has 0 spiro atoms. The van der Waals surface area contributed by atoms with Crippen molar-refractivity contribution >= 4 is 29.0 Å². The van der Waals surface area contributed by atoms with Gasteiger partial charge in [0.2, 0.25) is 6.79 Å². The first kappa shape index (κ1) is 26.6. The minimum atomic E-state index is 0. The quantitative estimate of drug-likeness (QED) is 0.231. The summed E-state index contributed by atoms with van der Waals surface area (Å²) in [5.41, 5.74) is 4.51. The minimum Gasteiger partial charge on any atom is -0.457 e. The molecule has 1 aromatic heterocycles. The van der Waals surface area contributed by atoms with Crippen LogP contribution in [0.2, 0.25) is 0 Å². The van der Waals surface area contributed by atoms with Crippen molar-refractivity contribution in [2.45, 2.75) is 39.2 Å². The average Bonchev–Trinajstić information content (AvgIpc) is 3.36. The van der Waals surface area contributed by atoms with Crippen LogP contribution in [0.3, 0.4) is 0 Å². The van der Waals surface area contributed by atoms with Gasteiger partial charge >= 0.3 is 0 Å². The summed E-state index contributed by atoms with van der Waals surface area (Å²) in [5, 5.41) is 8.13. The number of para-hydroxylation sites is 1. The van der Waals surface area contributed by atoms with E-state index in [1.54, 1.807) is 0 Å². The van der Waals surface area contributed by atoms with Crippen LogP contribution in [0.4, 0.5) is 5.69 Å². The number of aromatic nitrogens is 1. The van der Waals surface area contributed by atoms with E-state index in [-0.39, 0.29) is 17.8 Å². The molecule has 0 atom stereocenters. The fraction of sp³-hybridized carbons (Fsp3) is 0.300. The van der Waals surface area contributed by atoms with Gasteiger partial charge in [-0.3, -0.25) is 4.98 Å². The molecule has 5 rings (SSSR count). The predicted molar refractivity (Wildman–Crippen MR) is 152 cm³/mol. The lowest BCUT2D eigenvalue weighted by molar-refractivity contribution is 0.173. The smallest absolute Gasteiger partial charge is 0.231 e. The molecule has 3 aromatic carbocycles. The molecule has 6 nitrogen and oxygen atoms in total. The molecule has 0 aliphatic carbocycles. The second kappa shape index (κ2) is 11.7. The van der Waals surface area contributed by atoms with Crippen molar-refractivity contribution in [3.8, 4) is 23.0 Å². The molecule has 0 amide bonds. The van der Waals surface area contributed by atoms with Crippen LogP contribution >= 0.6 is 12.4 Å². The van der Waals surface area contributed by atoms with Crippen LogP contribution in [-0.4, -0.2) is 24.9 Å². The van der Waals surface area contributed by atoms with Crippen molar-refractivity contribution in [1.29, 1.82) is 0 Å². The maximum absolute atomic E-state index is 6.10. The van der Waals surface area contributed by atoms with E-state index in [0.29, 0.717) is 6.79 Å². The molecule has 0 radical (unpaired) electrons. The van der Waals surface area contributed by atoms with Crippen LogP contribution in [0, 0.1) is 0 Å². The first-order valence-corrected chi connectivity index (χ1v) is 12.5. The third-order valence-corrected chi connectivity index (χ3v) is 6.31. The third kappa shape index (κ3) is 6.45. The van der Waals surface area contributed by atoms with Crippen molar-refractivity contribution in [1.82, 2.24) is 10.3 Å². The minimum absolute atomic E-state index is 0. The van der Waals surface area contributed by atoms with E-state index in [2.05, 4.69) is 60.7 Å². The number of pyridine rings is 1. The molecule has 0 unspecified atom stereocenters. The van der Waals surface area contributed by atoms with E-state index in [1.807, 2.05) is 48.7 Å². The Morgan fingerprint density at radius 3 is 2.54 bits per heavy atom. The number of hydrogen-bond acceptors (Lipinski definition) is 6. The molecule has 4 aromatic rings. The Bertz CT molecular complexity index is 1340. The van der Waals surface area contributed by atoms with E-state index in [1.165, 1.54) is 5.56 Å². The second-order valence-corrected chi connectivity index (χ2v) is 10.0. The van der Waals surface area contributed by atoms with Crippen LogP contribution in [-0.2, 0) is 12.0 Å². The summed E-state index contributed by atoms with van der Waals surface area (Å²) in [6.45, 7) is 9.44. The zero-order valence-corrected chi connectivity index (χ0v) is 22.4. The number of fused-ring (bicyclic) bond motifs is 2. The second-order valence-electron chi connectivity index (χ2n) is 10.0. The van der Waals surface area contributed by atoms with Crippen molar-refractivity contribution in [2.75, 3.05) is 25.2 Å². The van der Waals surface area contributed by atoms with Crippen LogP contribution in [0.15, 0.2) is 72.9 Å². The summed E-state index contributed by atoms with van der Waals surface area (Å²) in [5.74, 6) is 3.29. The third-order valence-electron chi connectivity index (χ3n) is 6.31. The zero-order valence-electron chi connectivity index (χ0n) is 21.5. The summed E-state index contributed by atoms with van der Waals surface area (Å²) >= 11 is 0. The normalized spacial score (nSPS) is 12.3. The van der Waals surface area contributed by atoms with Gasteiger partial charge in [-0.15, -0.1) is 12.4 Å². The monoisotopic (exact) mass is 519 g/mol. The summed E-state index contributed by atoms with van der Waals surface area (Å²) in [7, 11) is 0. The number of hydrogen-bond donors (Lipinski definition) is 2. The molecule has 7 heteroatoms. The lowest BCUT2D eigenvalue weighted by Crippen LogP contribution is -2.18. The zero-order chi connectivity index (χ0) is 25.0. The first-order chi connectivity index (χ1) is 17.5. The van der Waals surface area contributed by atoms with Gasteiger partial charge in [0, 0.05) is 42.0 Å². The largest absolute Gasteiger partial charge is 0.457 e. The van der Waals surface area contributed by atoms with E-state index >= 15 is 0 Å². The number of nitrogens with one attached hydrogen (secondary N) is 2. The van der Waals surface area contributed by atoms with Crippen LogP contribution < -0.4 is 24.8 Å². The number of benzene rings is 3. The fourth-order valence-corrected chi connectivity index (χ4v) is 4.29. The van der Waals surface area contributed by atoms with Crippen molar-refractivity contribution < 1.29 is 14.2 Å². The molecular formula is C30H34ClN3O3. The maximum Gasteiger partial charge on any atom is 0.231 e. The van der Waals surface area contributed by atoms with Crippen molar-refractivity contribution in [3.05, 3.63) is 84.1 Å². The van der Waals surface area contributed by atoms with Gasteiger partial charge in [0.05, 0.1) is 5.52 Å². The highest BCUT2D eigenvalue weighted by atomic mass is 35.5. The molecule has 37 heavy (non-hydrogen) atoms. The van der Waals surface area contributed by atoms with Gasteiger partial charge < -0.3 is 24.8 Å². The molecule has 0 saturated carbocycles. The Labute approximate surface area is 224 Å². The molecule has 0 fully saturated rings. The number of anilines is 1. The summed E-state index contributed by atoms with van der Waals surface area (Å²) in [6, 6.07) is 22.4. The Morgan fingerprint density at radius 1 is 0.919 bits per heavy atom. The lowest BCUT2D eigenvalue weighted by Gasteiger charge is -2.19. The van der Waals surface area contributed by atoms with E-state index in [9.17, 15) is 0 Å². The van der Waals surface area contributed by atoms with Gasteiger partial charge in [0.15, 0.2) is 11.5 Å². The van der Waals surface area contributed by atoms with Crippen molar-refractivity contribution in [2.24, 2.45) is 0 Å². The highest BCUT2D eigenvalue weighted by Crippen LogP contribution is 2.35. The Kier molecular flexibility index (Phi) is 8.41. The van der Waals surface area contributed by atoms with Gasteiger partial charge in [-0.05, 0) is 60.3 Å². The number of nitrogens with zero attached hydrogens (tertiary/aromatic N) is 1. The number of halogens is 1. The number of ether oxygens (including phenoxy) is 3. The van der Waals surface area contributed by atoms with Gasteiger partial charge in [0.25, 0.3) is 0 Å². The van der Waals surface area contributed by atoms with E-state index < -0.39 is 0 Å². The highest BCUT2D eigenvalue weighted by Gasteiger charge is 2.16. The Balaban J connectivity index is 0.00000320. The Hall–Kier alpha value is -3.48. The first-order valence-electron chi connectivity index (χ1n) is 12.5. The molecule has 1 aliphatic heterocycles. The molecule has 0 bridgehead atoms. The van der Waals surface area contributed by atoms with Crippen LogP contribution in [0.25, 0.3) is 10.9 Å². The molecular weight excluding hydrogens is 486 g/mol. The molecule has 2 N–H and O–H groups in total. The lowest BCUT2D eigenvalue weighted by atomic mass is 9.87. The fourth-order valence-electron chi connectivity index (χ4n) is 4.29. The van der Waals surface area contributed by atoms with Gasteiger partial charge in [-0.1, -0.05) is 45.0 Å². The van der Waals surface area contributed by atoms with E-state index in [0.717, 1.165) is 71.2 Å².